The van der Waals surface area contributed by atoms with Crippen LogP contribution in [-0.2, 0) is 10.0 Å². The average molecular weight is 346 g/mol. The van der Waals surface area contributed by atoms with Gasteiger partial charge in [-0.15, -0.1) is 11.3 Å². The van der Waals surface area contributed by atoms with E-state index >= 15 is 0 Å². The Bertz CT molecular complexity index is 990. The molecule has 3 rings (SSSR count). The Hall–Kier alpha value is -2.22. The third-order valence-corrected chi connectivity index (χ3v) is 5.29. The maximum atomic E-state index is 12.4. The summed E-state index contributed by atoms with van der Waals surface area (Å²) in [5, 5.41) is 10.5. The van der Waals surface area contributed by atoms with E-state index in [9.17, 15) is 13.2 Å². The summed E-state index contributed by atoms with van der Waals surface area (Å²) >= 11 is 1.52. The second kappa shape index (κ2) is 5.77. The molecule has 3 N–H and O–H groups in total. The van der Waals surface area contributed by atoms with Crippen LogP contribution in [0.3, 0.4) is 0 Å². The van der Waals surface area contributed by atoms with E-state index in [1.807, 2.05) is 30.5 Å². The van der Waals surface area contributed by atoms with Crippen molar-refractivity contribution >= 4 is 43.0 Å². The van der Waals surface area contributed by atoms with Crippen molar-refractivity contribution in [2.45, 2.75) is 11.8 Å². The number of nitrogens with two attached hydrogens (primary N) is 1. The Morgan fingerprint density at radius 3 is 2.48 bits per heavy atom. The average Bonchev–Trinajstić information content (AvgIpc) is 2.89. The van der Waals surface area contributed by atoms with Crippen LogP contribution in [0.5, 0.6) is 0 Å². The Morgan fingerprint density at radius 2 is 1.83 bits per heavy atom. The van der Waals surface area contributed by atoms with Gasteiger partial charge in [-0.1, -0.05) is 12.1 Å². The Kier molecular flexibility index (Phi) is 3.93. The summed E-state index contributed by atoms with van der Waals surface area (Å²) in [6.45, 7) is 2.01. The van der Waals surface area contributed by atoms with E-state index in [1.54, 1.807) is 0 Å². The Morgan fingerprint density at radius 1 is 1.13 bits per heavy atom. The van der Waals surface area contributed by atoms with Crippen LogP contribution in [0.15, 0.2) is 52.7 Å². The number of amides is 1. The number of carbonyl (C=O) groups is 1. The quantitative estimate of drug-likeness (QED) is 0.763. The molecule has 118 valence electrons. The molecule has 0 aliphatic carbocycles. The zero-order valence-electron chi connectivity index (χ0n) is 12.2. The number of nitrogens with one attached hydrogen (secondary N) is 1. The second-order valence-electron chi connectivity index (χ2n) is 5.17. The largest absolute Gasteiger partial charge is 0.322 e. The maximum Gasteiger partial charge on any atom is 0.257 e. The van der Waals surface area contributed by atoms with Gasteiger partial charge >= 0.3 is 0 Å². The van der Waals surface area contributed by atoms with E-state index in [0.29, 0.717) is 11.3 Å². The molecule has 0 unspecified atom stereocenters. The summed E-state index contributed by atoms with van der Waals surface area (Å²) in [6, 6.07) is 11.7. The van der Waals surface area contributed by atoms with Crippen LogP contribution in [0.25, 0.3) is 10.1 Å². The topological polar surface area (TPSA) is 89.3 Å². The molecule has 0 saturated carbocycles. The summed E-state index contributed by atoms with van der Waals surface area (Å²) in [5.41, 5.74) is 2.25. The molecular formula is C16H14N2O3S2. The van der Waals surface area contributed by atoms with E-state index in [1.165, 1.54) is 35.6 Å². The smallest absolute Gasteiger partial charge is 0.257 e. The van der Waals surface area contributed by atoms with Crippen molar-refractivity contribution in [2.75, 3.05) is 5.32 Å². The molecule has 0 atom stereocenters. The number of carbonyl (C=O) groups excluding carboxylic acids is 1. The highest BCUT2D eigenvalue weighted by atomic mass is 32.2. The number of hydrogen-bond acceptors (Lipinski definition) is 4. The first-order valence-corrected chi connectivity index (χ1v) is 9.19. The summed E-state index contributed by atoms with van der Waals surface area (Å²) in [4.78, 5) is 12.4. The van der Waals surface area contributed by atoms with Gasteiger partial charge in [0.25, 0.3) is 5.91 Å². The van der Waals surface area contributed by atoms with Gasteiger partial charge in [0.05, 0.1) is 10.5 Å². The molecule has 7 heteroatoms. The molecule has 5 nitrogen and oxygen atoms in total. The molecule has 0 spiro atoms. The zero-order chi connectivity index (χ0) is 16.6. The molecule has 1 heterocycles. The van der Waals surface area contributed by atoms with Gasteiger partial charge in [0.1, 0.15) is 0 Å². The monoisotopic (exact) mass is 346 g/mol. The highest BCUT2D eigenvalue weighted by Crippen LogP contribution is 2.27. The highest BCUT2D eigenvalue weighted by molar-refractivity contribution is 7.89. The van der Waals surface area contributed by atoms with Crippen molar-refractivity contribution < 1.29 is 13.2 Å². The van der Waals surface area contributed by atoms with Crippen LogP contribution >= 0.6 is 11.3 Å². The second-order valence-corrected chi connectivity index (χ2v) is 7.65. The summed E-state index contributed by atoms with van der Waals surface area (Å²) < 4.78 is 23.5. The van der Waals surface area contributed by atoms with Gasteiger partial charge in [-0.2, -0.15) is 0 Å². The first kappa shape index (κ1) is 15.7. The van der Waals surface area contributed by atoms with Crippen LogP contribution in [0.4, 0.5) is 5.69 Å². The molecule has 1 amide bonds. The number of aryl methyl sites for hydroxylation is 1. The SMILES string of the molecule is Cc1ccc2c(C(=O)Nc3ccc(S(N)(=O)=O)cc3)csc2c1. The van der Waals surface area contributed by atoms with Crippen LogP contribution in [0, 0.1) is 6.92 Å². The number of primary sulfonamides is 1. The number of benzene rings is 2. The van der Waals surface area contributed by atoms with Gasteiger partial charge in [-0.25, -0.2) is 13.6 Å². The van der Waals surface area contributed by atoms with Gasteiger partial charge in [0.15, 0.2) is 0 Å². The summed E-state index contributed by atoms with van der Waals surface area (Å²) in [5.74, 6) is -0.233. The van der Waals surface area contributed by atoms with Gasteiger partial charge in [-0.3, -0.25) is 4.79 Å². The minimum atomic E-state index is -3.74. The van der Waals surface area contributed by atoms with E-state index in [-0.39, 0.29) is 10.8 Å². The van der Waals surface area contributed by atoms with E-state index in [4.69, 9.17) is 5.14 Å². The number of hydrogen-bond donors (Lipinski definition) is 2. The first-order valence-electron chi connectivity index (χ1n) is 6.77. The van der Waals surface area contributed by atoms with Crippen LogP contribution in [0.2, 0.25) is 0 Å². The van der Waals surface area contributed by atoms with Gasteiger partial charge in [0, 0.05) is 21.2 Å². The predicted molar refractivity (Wildman–Crippen MR) is 92.3 cm³/mol. The van der Waals surface area contributed by atoms with Gasteiger partial charge < -0.3 is 5.32 Å². The minimum Gasteiger partial charge on any atom is -0.322 e. The number of rotatable bonds is 3. The predicted octanol–water partition coefficient (Wildman–Crippen LogP) is 3.11. The fraction of sp³-hybridized carbons (Fsp3) is 0.0625. The lowest BCUT2D eigenvalue weighted by molar-refractivity contribution is 0.102. The first-order chi connectivity index (χ1) is 10.8. The fourth-order valence-corrected chi connectivity index (χ4v) is 3.79. The Labute approximate surface area is 137 Å². The molecule has 3 aromatic rings. The number of sulfonamides is 1. The third-order valence-electron chi connectivity index (χ3n) is 3.42. The van der Waals surface area contributed by atoms with Crippen molar-refractivity contribution in [1.82, 2.24) is 0 Å². The van der Waals surface area contributed by atoms with Crippen molar-refractivity contribution in [3.05, 3.63) is 59.0 Å². The molecule has 0 fully saturated rings. The van der Waals surface area contributed by atoms with Crippen molar-refractivity contribution in [1.29, 1.82) is 0 Å². The lowest BCUT2D eigenvalue weighted by Crippen LogP contribution is -2.13. The zero-order valence-corrected chi connectivity index (χ0v) is 13.9. The fourth-order valence-electron chi connectivity index (χ4n) is 2.24. The molecule has 0 radical (unpaired) electrons. The molecular weight excluding hydrogens is 332 g/mol. The Balaban J connectivity index is 1.86. The number of anilines is 1. The minimum absolute atomic E-state index is 0.00644. The van der Waals surface area contributed by atoms with Crippen LogP contribution < -0.4 is 10.5 Å². The van der Waals surface area contributed by atoms with Crippen LogP contribution in [-0.4, -0.2) is 14.3 Å². The van der Waals surface area contributed by atoms with Gasteiger partial charge in [-0.05, 0) is 42.8 Å². The number of fused-ring (bicyclic) bond motifs is 1. The molecule has 2 aromatic carbocycles. The van der Waals surface area contributed by atoms with E-state index in [0.717, 1.165) is 15.6 Å². The van der Waals surface area contributed by atoms with Crippen LogP contribution in [0.1, 0.15) is 15.9 Å². The van der Waals surface area contributed by atoms with Crippen molar-refractivity contribution in [3.63, 3.8) is 0 Å². The standard InChI is InChI=1S/C16H14N2O3S2/c1-10-2-7-13-14(9-22-15(13)8-10)16(19)18-11-3-5-12(6-4-11)23(17,20)21/h2-9H,1H3,(H,18,19)(H2,17,20,21). The maximum absolute atomic E-state index is 12.4. The summed E-state index contributed by atoms with van der Waals surface area (Å²) in [7, 11) is -3.74. The summed E-state index contributed by atoms with van der Waals surface area (Å²) in [6.07, 6.45) is 0. The molecule has 0 aliphatic rings. The van der Waals surface area contributed by atoms with Crippen molar-refractivity contribution in [3.8, 4) is 0 Å². The molecule has 1 aromatic heterocycles. The van der Waals surface area contributed by atoms with E-state index in [2.05, 4.69) is 5.32 Å². The molecule has 0 bridgehead atoms. The third kappa shape index (κ3) is 3.26. The van der Waals surface area contributed by atoms with Crippen molar-refractivity contribution in [2.24, 2.45) is 5.14 Å². The molecule has 0 saturated heterocycles. The lowest BCUT2D eigenvalue weighted by atomic mass is 10.1. The number of thiophene rings is 1. The highest BCUT2D eigenvalue weighted by Gasteiger charge is 2.13. The molecule has 23 heavy (non-hydrogen) atoms. The normalized spacial score (nSPS) is 11.6. The van der Waals surface area contributed by atoms with E-state index < -0.39 is 10.0 Å². The molecule has 0 aliphatic heterocycles. The lowest BCUT2D eigenvalue weighted by Gasteiger charge is -2.05. The van der Waals surface area contributed by atoms with Gasteiger partial charge in [0.2, 0.25) is 10.0 Å².